The summed E-state index contributed by atoms with van der Waals surface area (Å²) in [5, 5.41) is 13.8. The first-order valence-corrected chi connectivity index (χ1v) is 4.40. The molecule has 0 aliphatic carbocycles. The Bertz CT molecular complexity index is 437. The Morgan fingerprint density at radius 2 is 2.36 bits per heavy atom. The van der Waals surface area contributed by atoms with E-state index >= 15 is 0 Å². The number of nitrogens with one attached hydrogen (secondary N) is 1. The number of nitrogens with two attached hydrogens (primary N) is 1. The van der Waals surface area contributed by atoms with E-state index in [1.54, 1.807) is 11.0 Å². The van der Waals surface area contributed by atoms with Crippen molar-refractivity contribution < 1.29 is 5.11 Å². The smallest absolute Gasteiger partial charge is 0.115 e. The lowest BCUT2D eigenvalue weighted by molar-refractivity contribution is 0.306. The number of anilines is 1. The van der Waals surface area contributed by atoms with Gasteiger partial charge in [0, 0.05) is 5.39 Å². The summed E-state index contributed by atoms with van der Waals surface area (Å²) < 4.78 is 0. The van der Waals surface area contributed by atoms with E-state index in [4.69, 9.17) is 10.8 Å². The van der Waals surface area contributed by atoms with Crippen molar-refractivity contribution in [3.05, 3.63) is 24.4 Å². The van der Waals surface area contributed by atoms with Gasteiger partial charge in [0.25, 0.3) is 0 Å². The van der Waals surface area contributed by atoms with Crippen molar-refractivity contribution in [2.75, 3.05) is 24.3 Å². The summed E-state index contributed by atoms with van der Waals surface area (Å²) in [6.45, 7) is 0.513. The van der Waals surface area contributed by atoms with Gasteiger partial charge in [0.05, 0.1) is 25.0 Å². The standard InChI is InChI=1S/C9H12N4O/c10-8-3-1-2-7-6-12-13(9(7)8)11-4-5-14/h1-3,6,11,14H,4-5,10H2. The number of hydrogen-bond donors (Lipinski definition) is 3. The maximum atomic E-state index is 8.67. The zero-order valence-corrected chi connectivity index (χ0v) is 7.64. The van der Waals surface area contributed by atoms with Crippen LogP contribution in [0, 0.1) is 0 Å². The number of aromatic nitrogens is 2. The molecule has 5 nitrogen and oxygen atoms in total. The van der Waals surface area contributed by atoms with Gasteiger partial charge >= 0.3 is 0 Å². The Morgan fingerprint density at radius 3 is 3.14 bits per heavy atom. The molecule has 0 radical (unpaired) electrons. The molecule has 1 heterocycles. The maximum Gasteiger partial charge on any atom is 0.115 e. The molecule has 14 heavy (non-hydrogen) atoms. The second kappa shape index (κ2) is 3.55. The average Bonchev–Trinajstić information content (AvgIpc) is 2.59. The molecule has 0 aliphatic heterocycles. The number of benzene rings is 1. The normalized spacial score (nSPS) is 10.6. The molecule has 0 unspecified atom stereocenters. The van der Waals surface area contributed by atoms with Gasteiger partial charge in [0.1, 0.15) is 5.52 Å². The fraction of sp³-hybridized carbons (Fsp3) is 0.222. The second-order valence-corrected chi connectivity index (χ2v) is 2.97. The van der Waals surface area contributed by atoms with Gasteiger partial charge in [-0.05, 0) is 6.07 Å². The summed E-state index contributed by atoms with van der Waals surface area (Å²) in [5.41, 5.74) is 10.3. The topological polar surface area (TPSA) is 76.1 Å². The third-order valence-corrected chi connectivity index (χ3v) is 2.00. The van der Waals surface area contributed by atoms with E-state index in [1.807, 2.05) is 18.2 Å². The van der Waals surface area contributed by atoms with Crippen LogP contribution in [0.5, 0.6) is 0 Å². The van der Waals surface area contributed by atoms with Gasteiger partial charge in [-0.2, -0.15) is 9.89 Å². The Hall–Kier alpha value is -1.75. The molecular formula is C9H12N4O. The van der Waals surface area contributed by atoms with E-state index in [2.05, 4.69) is 10.5 Å². The molecule has 2 rings (SSSR count). The van der Waals surface area contributed by atoms with Crippen LogP contribution >= 0.6 is 0 Å². The van der Waals surface area contributed by atoms with E-state index in [9.17, 15) is 0 Å². The third-order valence-electron chi connectivity index (χ3n) is 2.00. The Morgan fingerprint density at radius 1 is 1.50 bits per heavy atom. The summed E-state index contributed by atoms with van der Waals surface area (Å²) in [6.07, 6.45) is 1.73. The van der Waals surface area contributed by atoms with Crippen LogP contribution in [0.1, 0.15) is 0 Å². The highest BCUT2D eigenvalue weighted by Gasteiger charge is 2.04. The highest BCUT2D eigenvalue weighted by atomic mass is 16.3. The van der Waals surface area contributed by atoms with E-state index in [-0.39, 0.29) is 6.61 Å². The van der Waals surface area contributed by atoms with Crippen LogP contribution < -0.4 is 11.2 Å². The van der Waals surface area contributed by atoms with Crippen LogP contribution in [-0.4, -0.2) is 28.1 Å². The molecule has 1 aromatic carbocycles. The number of rotatable bonds is 3. The molecule has 0 fully saturated rings. The van der Waals surface area contributed by atoms with Crippen LogP contribution in [0.25, 0.3) is 10.9 Å². The molecule has 4 N–H and O–H groups in total. The minimum absolute atomic E-state index is 0.0636. The van der Waals surface area contributed by atoms with Gasteiger partial charge in [0.2, 0.25) is 0 Å². The van der Waals surface area contributed by atoms with Crippen molar-refractivity contribution in [2.45, 2.75) is 0 Å². The molecule has 0 spiro atoms. The highest BCUT2D eigenvalue weighted by Crippen LogP contribution is 2.18. The lowest BCUT2D eigenvalue weighted by Crippen LogP contribution is -2.19. The molecule has 0 saturated heterocycles. The van der Waals surface area contributed by atoms with Crippen molar-refractivity contribution in [3.63, 3.8) is 0 Å². The highest BCUT2D eigenvalue weighted by molar-refractivity contribution is 5.89. The van der Waals surface area contributed by atoms with Crippen molar-refractivity contribution in [1.82, 2.24) is 9.89 Å². The quantitative estimate of drug-likeness (QED) is 0.605. The summed E-state index contributed by atoms with van der Waals surface area (Å²) in [4.78, 5) is 1.58. The maximum absolute atomic E-state index is 8.67. The van der Waals surface area contributed by atoms with Gasteiger partial charge in [-0.25, -0.2) is 0 Å². The van der Waals surface area contributed by atoms with Crippen LogP contribution in [0.4, 0.5) is 5.69 Å². The third kappa shape index (κ3) is 1.38. The number of aliphatic hydroxyl groups is 1. The average molecular weight is 192 g/mol. The lowest BCUT2D eigenvalue weighted by atomic mass is 10.2. The summed E-state index contributed by atoms with van der Waals surface area (Å²) >= 11 is 0. The summed E-state index contributed by atoms with van der Waals surface area (Å²) in [5.74, 6) is 0. The number of aliphatic hydroxyl groups excluding tert-OH is 1. The summed E-state index contributed by atoms with van der Waals surface area (Å²) in [7, 11) is 0. The first-order chi connectivity index (χ1) is 6.83. The van der Waals surface area contributed by atoms with Gasteiger partial charge in [-0.3, -0.25) is 0 Å². The molecule has 1 aromatic heterocycles. The van der Waals surface area contributed by atoms with Gasteiger partial charge in [-0.1, -0.05) is 12.1 Å². The molecule has 0 aliphatic rings. The Kier molecular flexibility index (Phi) is 2.24. The van der Waals surface area contributed by atoms with E-state index < -0.39 is 0 Å². The van der Waals surface area contributed by atoms with Crippen molar-refractivity contribution in [1.29, 1.82) is 0 Å². The SMILES string of the molecule is Nc1cccc2cnn(NCCO)c12. The predicted molar refractivity (Wildman–Crippen MR) is 55.5 cm³/mol. The van der Waals surface area contributed by atoms with Crippen LogP contribution in [0.15, 0.2) is 24.4 Å². The number of hydrogen-bond acceptors (Lipinski definition) is 4. The number of fused-ring (bicyclic) bond motifs is 1. The number of para-hydroxylation sites is 1. The minimum atomic E-state index is 0.0636. The van der Waals surface area contributed by atoms with Crippen LogP contribution in [0.3, 0.4) is 0 Å². The molecule has 0 saturated carbocycles. The minimum Gasteiger partial charge on any atom is -0.397 e. The number of nitrogens with zero attached hydrogens (tertiary/aromatic N) is 2. The monoisotopic (exact) mass is 192 g/mol. The molecule has 2 aromatic rings. The first-order valence-electron chi connectivity index (χ1n) is 4.40. The molecular weight excluding hydrogens is 180 g/mol. The Balaban J connectivity index is 2.45. The molecule has 0 atom stereocenters. The molecule has 5 heteroatoms. The molecule has 74 valence electrons. The van der Waals surface area contributed by atoms with Crippen molar-refractivity contribution >= 4 is 16.6 Å². The van der Waals surface area contributed by atoms with Gasteiger partial charge in [0.15, 0.2) is 0 Å². The number of nitrogen functional groups attached to an aromatic ring is 1. The molecule has 0 amide bonds. The largest absolute Gasteiger partial charge is 0.397 e. The first kappa shape index (κ1) is 8.83. The van der Waals surface area contributed by atoms with E-state index in [0.717, 1.165) is 10.9 Å². The second-order valence-electron chi connectivity index (χ2n) is 2.97. The predicted octanol–water partition coefficient (Wildman–Crippen LogP) is 0.154. The summed E-state index contributed by atoms with van der Waals surface area (Å²) in [6, 6.07) is 5.65. The Labute approximate surface area is 81.1 Å². The van der Waals surface area contributed by atoms with E-state index in [0.29, 0.717) is 12.2 Å². The van der Waals surface area contributed by atoms with Crippen LogP contribution in [0.2, 0.25) is 0 Å². The van der Waals surface area contributed by atoms with Gasteiger partial charge in [-0.15, -0.1) is 0 Å². The van der Waals surface area contributed by atoms with Gasteiger partial charge < -0.3 is 16.3 Å². The van der Waals surface area contributed by atoms with E-state index in [1.165, 1.54) is 0 Å². The van der Waals surface area contributed by atoms with Crippen molar-refractivity contribution in [2.24, 2.45) is 0 Å². The zero-order valence-electron chi connectivity index (χ0n) is 7.64. The fourth-order valence-electron chi connectivity index (χ4n) is 1.38. The van der Waals surface area contributed by atoms with Crippen molar-refractivity contribution in [3.8, 4) is 0 Å². The zero-order chi connectivity index (χ0) is 9.97. The van der Waals surface area contributed by atoms with Crippen LogP contribution in [-0.2, 0) is 0 Å². The fourth-order valence-corrected chi connectivity index (χ4v) is 1.38. The molecule has 0 bridgehead atoms. The lowest BCUT2D eigenvalue weighted by Gasteiger charge is -2.06.